The molecular weight excluding hydrogens is 398 g/mol. The molecule has 1 fully saturated rings. The number of non-ortho nitro benzene ring substituents is 1. The number of pyridine rings is 1. The molecule has 0 aliphatic carbocycles. The Bertz CT molecular complexity index is 1240. The number of rotatable bonds is 4. The molecule has 1 atom stereocenters. The number of aryl methyl sites for hydroxylation is 1. The van der Waals surface area contributed by atoms with Gasteiger partial charge in [0.15, 0.2) is 0 Å². The van der Waals surface area contributed by atoms with Gasteiger partial charge < -0.3 is 5.11 Å². The van der Waals surface area contributed by atoms with Crippen LogP contribution in [0.15, 0.2) is 78.6 Å². The highest BCUT2D eigenvalue weighted by molar-refractivity contribution is 6.51. The van der Waals surface area contributed by atoms with Crippen LogP contribution >= 0.6 is 0 Å². The van der Waals surface area contributed by atoms with Crippen LogP contribution in [0.2, 0.25) is 0 Å². The fourth-order valence-electron chi connectivity index (χ4n) is 3.66. The highest BCUT2D eigenvalue weighted by Crippen LogP contribution is 2.42. The van der Waals surface area contributed by atoms with Crippen molar-refractivity contribution in [1.29, 1.82) is 0 Å². The molecule has 2 heterocycles. The Labute approximate surface area is 177 Å². The summed E-state index contributed by atoms with van der Waals surface area (Å²) >= 11 is 0. The van der Waals surface area contributed by atoms with Crippen molar-refractivity contribution in [2.75, 3.05) is 4.90 Å². The van der Waals surface area contributed by atoms with Crippen LogP contribution in [0.5, 0.6) is 0 Å². The van der Waals surface area contributed by atoms with E-state index in [1.807, 2.05) is 13.0 Å². The van der Waals surface area contributed by atoms with E-state index in [2.05, 4.69) is 4.98 Å². The number of aliphatic hydroxyl groups excluding tert-OH is 1. The number of carbonyl (C=O) groups is 2. The number of benzene rings is 2. The van der Waals surface area contributed by atoms with Crippen LogP contribution in [-0.2, 0) is 9.59 Å². The number of amides is 1. The molecule has 1 aliphatic rings. The first-order valence-electron chi connectivity index (χ1n) is 9.41. The van der Waals surface area contributed by atoms with Gasteiger partial charge >= 0.3 is 0 Å². The minimum Gasteiger partial charge on any atom is -0.507 e. The second-order valence-electron chi connectivity index (χ2n) is 7.10. The molecule has 2 aromatic carbocycles. The summed E-state index contributed by atoms with van der Waals surface area (Å²) in [6, 6.07) is 14.8. The van der Waals surface area contributed by atoms with Gasteiger partial charge in [-0.05, 0) is 42.3 Å². The molecule has 154 valence electrons. The molecule has 0 bridgehead atoms. The maximum absolute atomic E-state index is 13.0. The van der Waals surface area contributed by atoms with Crippen LogP contribution in [0.25, 0.3) is 5.76 Å². The number of aromatic nitrogens is 1. The highest BCUT2D eigenvalue weighted by Gasteiger charge is 2.47. The number of ketones is 1. The van der Waals surface area contributed by atoms with Crippen molar-refractivity contribution in [2.45, 2.75) is 13.0 Å². The standard InChI is InChI=1S/C23H17N3O5/c1-14-4-2-6-17(12-14)25-20(15-8-10-24-11-9-15)19(22(28)23(25)29)21(27)16-5-3-7-18(13-16)26(30)31/h2-13,20,27H,1H3/b21-19-. The first kappa shape index (κ1) is 20.0. The lowest BCUT2D eigenvalue weighted by Crippen LogP contribution is -2.29. The van der Waals surface area contributed by atoms with Crippen LogP contribution in [0, 0.1) is 17.0 Å². The van der Waals surface area contributed by atoms with E-state index < -0.39 is 28.4 Å². The lowest BCUT2D eigenvalue weighted by molar-refractivity contribution is -0.384. The van der Waals surface area contributed by atoms with Gasteiger partial charge in [0.1, 0.15) is 5.76 Å². The molecule has 3 aromatic rings. The van der Waals surface area contributed by atoms with Crippen molar-refractivity contribution in [3.05, 3.63) is 105 Å². The Morgan fingerprint density at radius 1 is 1.06 bits per heavy atom. The Kier molecular flexibility index (Phi) is 5.04. The number of aliphatic hydroxyl groups is 1. The summed E-state index contributed by atoms with van der Waals surface area (Å²) in [6.45, 7) is 1.87. The van der Waals surface area contributed by atoms with Gasteiger partial charge in [0.05, 0.1) is 16.5 Å². The summed E-state index contributed by atoms with van der Waals surface area (Å²) in [5, 5.41) is 22.1. The average Bonchev–Trinajstić information content (AvgIpc) is 3.04. The Hall–Kier alpha value is -4.33. The van der Waals surface area contributed by atoms with Crippen LogP contribution in [0.4, 0.5) is 11.4 Å². The number of carbonyl (C=O) groups excluding carboxylic acids is 2. The first-order chi connectivity index (χ1) is 14.9. The zero-order chi connectivity index (χ0) is 22.1. The fourth-order valence-corrected chi connectivity index (χ4v) is 3.66. The van der Waals surface area contributed by atoms with Gasteiger partial charge in [-0.25, -0.2) is 0 Å². The second-order valence-corrected chi connectivity index (χ2v) is 7.10. The van der Waals surface area contributed by atoms with Crippen molar-refractivity contribution in [3.63, 3.8) is 0 Å². The van der Waals surface area contributed by atoms with E-state index in [4.69, 9.17) is 0 Å². The van der Waals surface area contributed by atoms with Gasteiger partial charge in [0.25, 0.3) is 17.4 Å². The normalized spacial score (nSPS) is 17.7. The van der Waals surface area contributed by atoms with Gasteiger partial charge in [0, 0.05) is 35.8 Å². The zero-order valence-electron chi connectivity index (χ0n) is 16.4. The average molecular weight is 415 g/mol. The predicted octanol–water partition coefficient (Wildman–Crippen LogP) is 3.92. The van der Waals surface area contributed by atoms with Crippen LogP contribution < -0.4 is 4.90 Å². The first-order valence-corrected chi connectivity index (χ1v) is 9.41. The van der Waals surface area contributed by atoms with Crippen molar-refractivity contribution >= 4 is 28.8 Å². The molecule has 1 aromatic heterocycles. The maximum Gasteiger partial charge on any atom is 0.300 e. The van der Waals surface area contributed by atoms with Gasteiger partial charge in [-0.15, -0.1) is 0 Å². The third-order valence-electron chi connectivity index (χ3n) is 5.08. The van der Waals surface area contributed by atoms with Crippen molar-refractivity contribution in [3.8, 4) is 0 Å². The van der Waals surface area contributed by atoms with Gasteiger partial charge in [-0.3, -0.25) is 29.6 Å². The summed E-state index contributed by atoms with van der Waals surface area (Å²) in [5.41, 5.74) is 1.67. The van der Waals surface area contributed by atoms with Gasteiger partial charge in [-0.1, -0.05) is 24.3 Å². The number of nitro benzene ring substituents is 1. The summed E-state index contributed by atoms with van der Waals surface area (Å²) in [6.07, 6.45) is 3.05. The van der Waals surface area contributed by atoms with E-state index in [9.17, 15) is 24.8 Å². The lowest BCUT2D eigenvalue weighted by Gasteiger charge is -2.25. The largest absolute Gasteiger partial charge is 0.507 e. The third-order valence-corrected chi connectivity index (χ3v) is 5.08. The number of Topliss-reactive ketones (excluding diaryl/α,β-unsaturated/α-hetero) is 1. The highest BCUT2D eigenvalue weighted by atomic mass is 16.6. The van der Waals surface area contributed by atoms with Crippen molar-refractivity contribution in [2.24, 2.45) is 0 Å². The topological polar surface area (TPSA) is 114 Å². The number of hydrogen-bond acceptors (Lipinski definition) is 6. The summed E-state index contributed by atoms with van der Waals surface area (Å²) in [4.78, 5) is 41.9. The van der Waals surface area contributed by atoms with Crippen LogP contribution in [0.3, 0.4) is 0 Å². The van der Waals surface area contributed by atoms with Gasteiger partial charge in [-0.2, -0.15) is 0 Å². The maximum atomic E-state index is 13.0. The van der Waals surface area contributed by atoms with E-state index in [1.54, 1.807) is 30.3 Å². The Morgan fingerprint density at radius 3 is 2.45 bits per heavy atom. The number of anilines is 1. The number of hydrogen-bond donors (Lipinski definition) is 1. The summed E-state index contributed by atoms with van der Waals surface area (Å²) in [7, 11) is 0. The van der Waals surface area contributed by atoms with E-state index in [0.29, 0.717) is 11.3 Å². The SMILES string of the molecule is Cc1cccc(N2C(=O)C(=O)/C(=C(\O)c3cccc([N+](=O)[O-])c3)C2c2ccncc2)c1. The molecular formula is C23H17N3O5. The Balaban J connectivity index is 1.95. The predicted molar refractivity (Wildman–Crippen MR) is 113 cm³/mol. The van der Waals surface area contributed by atoms with Crippen molar-refractivity contribution in [1.82, 2.24) is 4.98 Å². The molecule has 0 radical (unpaired) electrons. The monoisotopic (exact) mass is 415 g/mol. The molecule has 1 aliphatic heterocycles. The number of nitro groups is 1. The summed E-state index contributed by atoms with van der Waals surface area (Å²) < 4.78 is 0. The molecule has 1 unspecified atom stereocenters. The molecule has 31 heavy (non-hydrogen) atoms. The zero-order valence-corrected chi connectivity index (χ0v) is 16.4. The minimum absolute atomic E-state index is 0.0792. The summed E-state index contributed by atoms with van der Waals surface area (Å²) in [5.74, 6) is -2.13. The molecule has 1 amide bonds. The van der Waals surface area contributed by atoms with E-state index in [0.717, 1.165) is 5.56 Å². The number of nitrogens with zero attached hydrogens (tertiary/aromatic N) is 3. The third kappa shape index (κ3) is 3.55. The molecule has 0 saturated carbocycles. The molecule has 0 spiro atoms. The quantitative estimate of drug-likeness (QED) is 0.227. The Morgan fingerprint density at radius 2 is 1.77 bits per heavy atom. The van der Waals surface area contributed by atoms with E-state index in [-0.39, 0.29) is 16.8 Å². The molecule has 4 rings (SSSR count). The fraction of sp³-hybridized carbons (Fsp3) is 0.0870. The van der Waals surface area contributed by atoms with Gasteiger partial charge in [0.2, 0.25) is 0 Å². The van der Waals surface area contributed by atoms with Crippen molar-refractivity contribution < 1.29 is 19.6 Å². The molecule has 8 nitrogen and oxygen atoms in total. The van der Waals surface area contributed by atoms with Crippen LogP contribution in [-0.4, -0.2) is 26.7 Å². The van der Waals surface area contributed by atoms with E-state index >= 15 is 0 Å². The smallest absolute Gasteiger partial charge is 0.300 e. The molecule has 1 N–H and O–H groups in total. The molecule has 8 heteroatoms. The molecule has 1 saturated heterocycles. The van der Waals surface area contributed by atoms with Crippen LogP contribution in [0.1, 0.15) is 22.7 Å². The second kappa shape index (κ2) is 7.83. The van der Waals surface area contributed by atoms with E-state index in [1.165, 1.54) is 41.6 Å². The lowest BCUT2D eigenvalue weighted by atomic mass is 9.95. The minimum atomic E-state index is -0.913.